The van der Waals surface area contributed by atoms with Gasteiger partial charge in [0.1, 0.15) is 4.64 Å². The summed E-state index contributed by atoms with van der Waals surface area (Å²) in [5.41, 5.74) is 0.449. The number of para-hydroxylation sites is 1. The highest BCUT2D eigenvalue weighted by Gasteiger charge is 2.32. The third-order valence-corrected chi connectivity index (χ3v) is 4.38. The Bertz CT molecular complexity index is 1070. The number of nitro groups is 1. The molecule has 0 bridgehead atoms. The summed E-state index contributed by atoms with van der Waals surface area (Å²) in [5, 5.41) is 19.6. The van der Waals surface area contributed by atoms with Crippen molar-refractivity contribution in [3.63, 3.8) is 0 Å². The zero-order valence-electron chi connectivity index (χ0n) is 14.3. The van der Waals surface area contributed by atoms with E-state index >= 15 is 0 Å². The van der Waals surface area contributed by atoms with Gasteiger partial charge in [0.05, 0.1) is 23.7 Å². The molecule has 0 aliphatic heterocycles. The molecule has 0 amide bonds. The third kappa shape index (κ3) is 4.67. The Morgan fingerprint density at radius 1 is 1.14 bits per heavy atom. The van der Waals surface area contributed by atoms with Crippen molar-refractivity contribution in [1.29, 1.82) is 0 Å². The van der Waals surface area contributed by atoms with Crippen LogP contribution in [0.3, 0.4) is 0 Å². The van der Waals surface area contributed by atoms with E-state index in [1.807, 2.05) is 0 Å². The first-order valence-electron chi connectivity index (χ1n) is 8.08. The van der Waals surface area contributed by atoms with Crippen LogP contribution in [0.25, 0.3) is 10.9 Å². The molecular weight excluding hydrogens is 395 g/mol. The topological polar surface area (TPSA) is 77.1 Å². The van der Waals surface area contributed by atoms with E-state index in [4.69, 9.17) is 12.2 Å². The number of aromatic nitrogens is 3. The summed E-state index contributed by atoms with van der Waals surface area (Å²) in [6.07, 6.45) is -4.50. The Kier molecular flexibility index (Phi) is 5.66. The molecule has 0 saturated heterocycles. The van der Waals surface area contributed by atoms with Gasteiger partial charge < -0.3 is 0 Å². The highest BCUT2D eigenvalue weighted by Crippen LogP contribution is 2.23. The minimum Gasteiger partial charge on any atom is -0.271 e. The van der Waals surface area contributed by atoms with Crippen LogP contribution in [0, 0.1) is 14.8 Å². The second kappa shape index (κ2) is 7.98. The molecule has 0 spiro atoms. The average molecular weight is 409 g/mol. The molecule has 1 aromatic heterocycles. The smallest absolute Gasteiger partial charge is 0.271 e. The van der Waals surface area contributed by atoms with Gasteiger partial charge in [-0.2, -0.15) is 13.2 Å². The largest absolute Gasteiger partial charge is 0.401 e. The van der Waals surface area contributed by atoms with Crippen molar-refractivity contribution in [3.8, 4) is 0 Å². The summed E-state index contributed by atoms with van der Waals surface area (Å²) in [7, 11) is 0. The zero-order chi connectivity index (χ0) is 20.3. The van der Waals surface area contributed by atoms with Crippen molar-refractivity contribution in [2.45, 2.75) is 19.4 Å². The molecule has 0 aliphatic carbocycles. The van der Waals surface area contributed by atoms with Crippen molar-refractivity contribution in [1.82, 2.24) is 19.9 Å². The normalized spacial score (nSPS) is 11.9. The van der Waals surface area contributed by atoms with Crippen LogP contribution in [0.4, 0.5) is 18.9 Å². The predicted molar refractivity (Wildman–Crippen MR) is 97.9 cm³/mol. The van der Waals surface area contributed by atoms with E-state index in [1.54, 1.807) is 24.3 Å². The number of hydrogen-bond donors (Lipinski definition) is 0. The fraction of sp³-hybridized carbons (Fsp3) is 0.235. The SMILES string of the molecule is O=[N+]([O-])c1ccccc1CN(Cn1nnc2ccccc2c1=S)CC(F)(F)F. The van der Waals surface area contributed by atoms with Gasteiger partial charge in [0.15, 0.2) is 0 Å². The van der Waals surface area contributed by atoms with Crippen molar-refractivity contribution >= 4 is 28.8 Å². The second-order valence-corrected chi connectivity index (χ2v) is 6.43. The summed E-state index contributed by atoms with van der Waals surface area (Å²) < 4.78 is 40.6. The van der Waals surface area contributed by atoms with Crippen molar-refractivity contribution in [2.24, 2.45) is 0 Å². The molecule has 7 nitrogen and oxygen atoms in total. The highest BCUT2D eigenvalue weighted by atomic mass is 32.1. The van der Waals surface area contributed by atoms with Crippen LogP contribution in [-0.4, -0.2) is 37.5 Å². The summed E-state index contributed by atoms with van der Waals surface area (Å²) in [4.78, 5) is 11.5. The van der Waals surface area contributed by atoms with Crippen LogP contribution >= 0.6 is 12.2 Å². The first kappa shape index (κ1) is 19.8. The molecule has 3 rings (SSSR count). The van der Waals surface area contributed by atoms with Gasteiger partial charge in [-0.25, -0.2) is 4.68 Å². The molecule has 28 heavy (non-hydrogen) atoms. The van der Waals surface area contributed by atoms with Crippen LogP contribution < -0.4 is 0 Å². The Labute approximate surface area is 162 Å². The van der Waals surface area contributed by atoms with Crippen LogP contribution in [0.15, 0.2) is 48.5 Å². The van der Waals surface area contributed by atoms with E-state index in [0.29, 0.717) is 10.9 Å². The van der Waals surface area contributed by atoms with Crippen molar-refractivity contribution in [2.75, 3.05) is 6.54 Å². The van der Waals surface area contributed by atoms with E-state index in [-0.39, 0.29) is 29.1 Å². The number of nitro benzene ring substituents is 1. The first-order chi connectivity index (χ1) is 13.2. The van der Waals surface area contributed by atoms with E-state index in [2.05, 4.69) is 10.3 Å². The Morgan fingerprint density at radius 2 is 1.82 bits per heavy atom. The van der Waals surface area contributed by atoms with Gasteiger partial charge in [-0.05, 0) is 12.1 Å². The molecule has 0 radical (unpaired) electrons. The lowest BCUT2D eigenvalue weighted by molar-refractivity contribution is -0.385. The molecule has 2 aromatic carbocycles. The molecule has 1 heterocycles. The van der Waals surface area contributed by atoms with E-state index in [9.17, 15) is 23.3 Å². The summed E-state index contributed by atoms with van der Waals surface area (Å²) in [6.45, 7) is -1.90. The van der Waals surface area contributed by atoms with Gasteiger partial charge in [0.2, 0.25) is 0 Å². The standard InChI is InChI=1S/C17H14F3N5O2S/c18-17(19,20)10-23(9-12-5-1-4-8-15(12)25(26)27)11-24-16(28)13-6-2-3-7-14(13)21-22-24/h1-8H,9-11H2. The van der Waals surface area contributed by atoms with Crippen molar-refractivity contribution < 1.29 is 18.1 Å². The second-order valence-electron chi connectivity index (χ2n) is 6.04. The van der Waals surface area contributed by atoms with E-state index in [0.717, 1.165) is 4.90 Å². The maximum Gasteiger partial charge on any atom is 0.401 e. The van der Waals surface area contributed by atoms with Crippen LogP contribution in [0.2, 0.25) is 0 Å². The van der Waals surface area contributed by atoms with Gasteiger partial charge >= 0.3 is 6.18 Å². The van der Waals surface area contributed by atoms with Gasteiger partial charge in [-0.3, -0.25) is 15.0 Å². The van der Waals surface area contributed by atoms with Crippen LogP contribution in [0.5, 0.6) is 0 Å². The molecule has 0 fully saturated rings. The molecule has 0 unspecified atom stereocenters. The molecule has 0 N–H and O–H groups in total. The average Bonchev–Trinajstić information content (AvgIpc) is 2.63. The lowest BCUT2D eigenvalue weighted by Crippen LogP contribution is -2.36. The monoisotopic (exact) mass is 409 g/mol. The quantitative estimate of drug-likeness (QED) is 0.347. The van der Waals surface area contributed by atoms with E-state index < -0.39 is 17.6 Å². The minimum atomic E-state index is -4.50. The van der Waals surface area contributed by atoms with Crippen molar-refractivity contribution in [3.05, 3.63) is 68.8 Å². The van der Waals surface area contributed by atoms with Crippen LogP contribution in [-0.2, 0) is 13.2 Å². The summed E-state index contributed by atoms with van der Waals surface area (Å²) in [6, 6.07) is 12.6. The third-order valence-electron chi connectivity index (χ3n) is 3.95. The Morgan fingerprint density at radius 3 is 2.54 bits per heavy atom. The van der Waals surface area contributed by atoms with Crippen LogP contribution in [0.1, 0.15) is 5.56 Å². The number of rotatable bonds is 6. The molecule has 3 aromatic rings. The maximum absolute atomic E-state index is 13.1. The number of halogens is 3. The molecule has 0 aliphatic rings. The fourth-order valence-corrected chi connectivity index (χ4v) is 3.05. The lowest BCUT2D eigenvalue weighted by atomic mass is 10.1. The Balaban J connectivity index is 1.95. The minimum absolute atomic E-state index is 0.164. The molecule has 0 atom stereocenters. The van der Waals surface area contributed by atoms with Gasteiger partial charge in [0, 0.05) is 23.6 Å². The summed E-state index contributed by atoms with van der Waals surface area (Å²) in [5.74, 6) is 0. The number of alkyl halides is 3. The first-order valence-corrected chi connectivity index (χ1v) is 8.49. The maximum atomic E-state index is 13.1. The number of fused-ring (bicyclic) bond motifs is 1. The molecule has 0 saturated carbocycles. The molecule has 146 valence electrons. The lowest BCUT2D eigenvalue weighted by Gasteiger charge is -2.24. The predicted octanol–water partition coefficient (Wildman–Crippen LogP) is 4.09. The summed E-state index contributed by atoms with van der Waals surface area (Å²) >= 11 is 5.33. The van der Waals surface area contributed by atoms with Gasteiger partial charge in [0.25, 0.3) is 5.69 Å². The highest BCUT2D eigenvalue weighted by molar-refractivity contribution is 7.71. The molecule has 11 heteroatoms. The number of nitrogens with zero attached hydrogens (tertiary/aromatic N) is 5. The van der Waals surface area contributed by atoms with Gasteiger partial charge in [-0.1, -0.05) is 47.8 Å². The fourth-order valence-electron chi connectivity index (χ4n) is 2.78. The molecular formula is C17H14F3N5O2S. The number of benzene rings is 2. The van der Waals surface area contributed by atoms with E-state index in [1.165, 1.54) is 28.9 Å². The van der Waals surface area contributed by atoms with Gasteiger partial charge in [-0.15, -0.1) is 5.10 Å². The zero-order valence-corrected chi connectivity index (χ0v) is 15.2. The number of hydrogen-bond acceptors (Lipinski definition) is 6. The Hall–Kier alpha value is -2.92.